The van der Waals surface area contributed by atoms with E-state index in [4.69, 9.17) is 0 Å². The Morgan fingerprint density at radius 1 is 1.33 bits per heavy atom. The van der Waals surface area contributed by atoms with Crippen LogP contribution in [0, 0.1) is 0 Å². The molecule has 1 saturated carbocycles. The molecule has 1 aliphatic heterocycles. The molecule has 1 saturated heterocycles. The molecule has 1 unspecified atom stereocenters. The molecule has 0 radical (unpaired) electrons. The minimum atomic E-state index is 0.177. The summed E-state index contributed by atoms with van der Waals surface area (Å²) in [5.41, 5.74) is 0. The number of thioether (sulfide) groups is 1. The number of hydrogen-bond donors (Lipinski definition) is 1. The van der Waals surface area contributed by atoms with Crippen LogP contribution >= 0.6 is 11.8 Å². The van der Waals surface area contributed by atoms with E-state index in [0.717, 1.165) is 13.1 Å². The van der Waals surface area contributed by atoms with Crippen molar-refractivity contribution in [1.29, 1.82) is 0 Å². The van der Waals surface area contributed by atoms with Crippen LogP contribution < -0.4 is 5.32 Å². The van der Waals surface area contributed by atoms with Gasteiger partial charge in [-0.1, -0.05) is 20.8 Å². The number of carbonyl (C=O) groups is 1. The molecule has 104 valence electrons. The van der Waals surface area contributed by atoms with Gasteiger partial charge in [0.25, 0.3) is 0 Å². The molecular formula is C14H26N2OS. The molecule has 1 atom stereocenters. The van der Waals surface area contributed by atoms with Gasteiger partial charge in [-0.05, 0) is 32.2 Å². The summed E-state index contributed by atoms with van der Waals surface area (Å²) in [6.45, 7) is 8.56. The van der Waals surface area contributed by atoms with Gasteiger partial charge in [-0.2, -0.15) is 0 Å². The highest BCUT2D eigenvalue weighted by atomic mass is 32.2. The first-order valence-electron chi connectivity index (χ1n) is 7.12. The lowest BCUT2D eigenvalue weighted by Gasteiger charge is -2.27. The molecule has 1 heterocycles. The van der Waals surface area contributed by atoms with E-state index in [0.29, 0.717) is 23.7 Å². The molecule has 18 heavy (non-hydrogen) atoms. The zero-order valence-corrected chi connectivity index (χ0v) is 12.7. The van der Waals surface area contributed by atoms with Gasteiger partial charge in [0.2, 0.25) is 5.91 Å². The largest absolute Gasteiger partial charge is 0.337 e. The fraction of sp³-hybridized carbons (Fsp3) is 0.929. The van der Waals surface area contributed by atoms with Crippen molar-refractivity contribution < 1.29 is 4.79 Å². The van der Waals surface area contributed by atoms with Crippen molar-refractivity contribution in [1.82, 2.24) is 10.2 Å². The fourth-order valence-electron chi connectivity index (χ4n) is 2.35. The van der Waals surface area contributed by atoms with Gasteiger partial charge >= 0.3 is 0 Å². The van der Waals surface area contributed by atoms with Gasteiger partial charge in [0, 0.05) is 23.4 Å². The number of amides is 1. The van der Waals surface area contributed by atoms with Crippen molar-refractivity contribution in [2.45, 2.75) is 63.3 Å². The van der Waals surface area contributed by atoms with Crippen LogP contribution in [0.5, 0.6) is 0 Å². The maximum atomic E-state index is 12.3. The standard InChI is InChI=1S/C14H26N2OS/c1-14(2,3)18-10-13(17)16(12-6-7-12)9-11-5-4-8-15-11/h11-12,15H,4-10H2,1-3H3. The van der Waals surface area contributed by atoms with Gasteiger partial charge in [-0.3, -0.25) is 4.79 Å². The van der Waals surface area contributed by atoms with Crippen LogP contribution in [-0.4, -0.2) is 46.5 Å². The van der Waals surface area contributed by atoms with Crippen LogP contribution in [-0.2, 0) is 4.79 Å². The number of carbonyl (C=O) groups excluding carboxylic acids is 1. The van der Waals surface area contributed by atoms with Crippen LogP contribution in [0.15, 0.2) is 0 Å². The van der Waals surface area contributed by atoms with E-state index in [1.807, 2.05) is 0 Å². The summed E-state index contributed by atoms with van der Waals surface area (Å²) in [6.07, 6.45) is 4.90. The monoisotopic (exact) mass is 270 g/mol. The fourth-order valence-corrected chi connectivity index (χ4v) is 3.07. The molecule has 1 N–H and O–H groups in total. The quantitative estimate of drug-likeness (QED) is 0.832. The maximum Gasteiger partial charge on any atom is 0.232 e. The Morgan fingerprint density at radius 3 is 2.56 bits per heavy atom. The molecule has 2 aliphatic rings. The lowest BCUT2D eigenvalue weighted by molar-refractivity contribution is -0.129. The molecule has 0 aromatic rings. The molecule has 2 fully saturated rings. The predicted octanol–water partition coefficient (Wildman–Crippen LogP) is 2.26. The van der Waals surface area contributed by atoms with Crippen molar-refractivity contribution in [3.63, 3.8) is 0 Å². The van der Waals surface area contributed by atoms with Gasteiger partial charge in [0.05, 0.1) is 5.75 Å². The lowest BCUT2D eigenvalue weighted by Crippen LogP contribution is -2.43. The van der Waals surface area contributed by atoms with Crippen LogP contribution in [0.2, 0.25) is 0 Å². The van der Waals surface area contributed by atoms with Crippen molar-refractivity contribution >= 4 is 17.7 Å². The summed E-state index contributed by atoms with van der Waals surface area (Å²) in [5, 5.41) is 3.50. The number of nitrogens with zero attached hydrogens (tertiary/aromatic N) is 1. The Labute approximate surface area is 115 Å². The summed E-state index contributed by atoms with van der Waals surface area (Å²) >= 11 is 1.76. The number of rotatable bonds is 5. The van der Waals surface area contributed by atoms with Crippen LogP contribution in [0.1, 0.15) is 46.5 Å². The van der Waals surface area contributed by atoms with Gasteiger partial charge in [0.15, 0.2) is 0 Å². The molecular weight excluding hydrogens is 244 g/mol. The normalized spacial score (nSPS) is 24.3. The van der Waals surface area contributed by atoms with Crippen LogP contribution in [0.25, 0.3) is 0 Å². The highest BCUT2D eigenvalue weighted by molar-refractivity contribution is 8.01. The Morgan fingerprint density at radius 2 is 2.06 bits per heavy atom. The Hall–Kier alpha value is -0.220. The molecule has 1 amide bonds. The highest BCUT2D eigenvalue weighted by Crippen LogP contribution is 2.30. The third-order valence-electron chi connectivity index (χ3n) is 3.52. The van der Waals surface area contributed by atoms with Crippen molar-refractivity contribution in [2.75, 3.05) is 18.8 Å². The molecule has 3 nitrogen and oxygen atoms in total. The zero-order valence-electron chi connectivity index (χ0n) is 11.9. The molecule has 0 bridgehead atoms. The van der Waals surface area contributed by atoms with Gasteiger partial charge < -0.3 is 10.2 Å². The summed E-state index contributed by atoms with van der Waals surface area (Å²) in [6, 6.07) is 1.08. The first-order chi connectivity index (χ1) is 8.46. The second kappa shape index (κ2) is 5.83. The average Bonchev–Trinajstić information content (AvgIpc) is 2.99. The first-order valence-corrected chi connectivity index (χ1v) is 8.11. The maximum absolute atomic E-state index is 12.3. The number of nitrogens with one attached hydrogen (secondary N) is 1. The second-order valence-corrected chi connectivity index (χ2v) is 8.27. The summed E-state index contributed by atoms with van der Waals surface area (Å²) in [4.78, 5) is 14.5. The lowest BCUT2D eigenvalue weighted by atomic mass is 10.2. The first kappa shape index (κ1) is 14.2. The molecule has 2 rings (SSSR count). The van der Waals surface area contributed by atoms with E-state index in [-0.39, 0.29) is 4.75 Å². The predicted molar refractivity (Wildman–Crippen MR) is 78.0 cm³/mol. The van der Waals surface area contributed by atoms with E-state index in [1.165, 1.54) is 25.7 Å². The minimum absolute atomic E-state index is 0.177. The highest BCUT2D eigenvalue weighted by Gasteiger charge is 2.34. The Balaban J connectivity index is 1.82. The van der Waals surface area contributed by atoms with Crippen molar-refractivity contribution in [3.8, 4) is 0 Å². The summed E-state index contributed by atoms with van der Waals surface area (Å²) in [7, 11) is 0. The van der Waals surface area contributed by atoms with E-state index >= 15 is 0 Å². The third kappa shape index (κ3) is 4.47. The summed E-state index contributed by atoms with van der Waals surface area (Å²) < 4.78 is 0.177. The van der Waals surface area contributed by atoms with Crippen LogP contribution in [0.4, 0.5) is 0 Å². The minimum Gasteiger partial charge on any atom is -0.337 e. The molecule has 0 aromatic carbocycles. The SMILES string of the molecule is CC(C)(C)SCC(=O)N(CC1CCCN1)C1CC1. The van der Waals surface area contributed by atoms with Crippen LogP contribution in [0.3, 0.4) is 0 Å². The topological polar surface area (TPSA) is 32.3 Å². The zero-order chi connectivity index (χ0) is 13.2. The summed E-state index contributed by atoms with van der Waals surface area (Å²) in [5.74, 6) is 0.971. The van der Waals surface area contributed by atoms with Gasteiger partial charge in [-0.15, -0.1) is 11.8 Å². The Bertz CT molecular complexity index is 291. The number of hydrogen-bond acceptors (Lipinski definition) is 3. The van der Waals surface area contributed by atoms with Crippen molar-refractivity contribution in [3.05, 3.63) is 0 Å². The van der Waals surface area contributed by atoms with Crippen molar-refractivity contribution in [2.24, 2.45) is 0 Å². The Kier molecular flexibility index (Phi) is 4.59. The second-order valence-electron chi connectivity index (χ2n) is 6.47. The van der Waals surface area contributed by atoms with Gasteiger partial charge in [-0.25, -0.2) is 0 Å². The molecule has 0 aromatic heterocycles. The molecule has 1 aliphatic carbocycles. The average molecular weight is 270 g/mol. The van der Waals surface area contributed by atoms with E-state index in [1.54, 1.807) is 11.8 Å². The molecule has 4 heteroatoms. The third-order valence-corrected chi connectivity index (χ3v) is 4.77. The van der Waals surface area contributed by atoms with E-state index in [2.05, 4.69) is 31.0 Å². The molecule has 0 spiro atoms. The smallest absolute Gasteiger partial charge is 0.232 e. The van der Waals surface area contributed by atoms with Gasteiger partial charge in [0.1, 0.15) is 0 Å². The van der Waals surface area contributed by atoms with E-state index in [9.17, 15) is 4.79 Å². The van der Waals surface area contributed by atoms with E-state index < -0.39 is 0 Å².